The number of hydrogen-bond donors (Lipinski definition) is 0. The van der Waals surface area contributed by atoms with Gasteiger partial charge < -0.3 is 14.4 Å². The fourth-order valence-corrected chi connectivity index (χ4v) is 3.99. The molecule has 0 bridgehead atoms. The lowest BCUT2D eigenvalue weighted by Gasteiger charge is -2.33. The Labute approximate surface area is 176 Å². The molecule has 0 fully saturated rings. The Morgan fingerprint density at radius 3 is 2.50 bits per heavy atom. The van der Waals surface area contributed by atoms with Gasteiger partial charge in [0.1, 0.15) is 11.5 Å². The zero-order valence-electron chi connectivity index (χ0n) is 17.0. The summed E-state index contributed by atoms with van der Waals surface area (Å²) in [5.41, 5.74) is 3.87. The van der Waals surface area contributed by atoms with Crippen molar-refractivity contribution in [1.82, 2.24) is 4.90 Å². The summed E-state index contributed by atoms with van der Waals surface area (Å²) in [6, 6.07) is 12.8. The summed E-state index contributed by atoms with van der Waals surface area (Å²) in [5, 5.41) is 0. The van der Waals surface area contributed by atoms with Gasteiger partial charge in [0.05, 0.1) is 20.3 Å². The molecule has 0 aromatic heterocycles. The highest BCUT2D eigenvalue weighted by atomic mass is 79.9. The molecule has 0 amide bonds. The molecule has 0 radical (unpaired) electrons. The number of rotatable bonds is 7. The molecule has 3 nitrogen and oxygen atoms in total. The van der Waals surface area contributed by atoms with Crippen molar-refractivity contribution in [3.63, 3.8) is 0 Å². The number of nitrogens with zero attached hydrogens (tertiary/aromatic N) is 1. The normalized spacial score (nSPS) is 15.9. The van der Waals surface area contributed by atoms with E-state index in [2.05, 4.69) is 83.4 Å². The van der Waals surface area contributed by atoms with Gasteiger partial charge in [0, 0.05) is 28.8 Å². The molecule has 1 heterocycles. The highest BCUT2D eigenvalue weighted by molar-refractivity contribution is 9.10. The third kappa shape index (κ3) is 4.79. The van der Waals surface area contributed by atoms with Gasteiger partial charge >= 0.3 is 0 Å². The Morgan fingerprint density at radius 2 is 1.79 bits per heavy atom. The minimum absolute atomic E-state index is 0.183. The van der Waals surface area contributed by atoms with Gasteiger partial charge in [-0.3, -0.25) is 0 Å². The third-order valence-corrected chi connectivity index (χ3v) is 5.43. The van der Waals surface area contributed by atoms with E-state index in [1.807, 2.05) is 12.1 Å². The molecule has 1 unspecified atom stereocenters. The van der Waals surface area contributed by atoms with Crippen molar-refractivity contribution in [3.8, 4) is 11.5 Å². The predicted octanol–water partition coefficient (Wildman–Crippen LogP) is 6.29. The monoisotopic (exact) mass is 441 g/mol. The maximum atomic E-state index is 5.61. The van der Waals surface area contributed by atoms with E-state index in [4.69, 9.17) is 9.47 Å². The van der Waals surface area contributed by atoms with Crippen molar-refractivity contribution < 1.29 is 9.47 Å². The minimum Gasteiger partial charge on any atom is -0.497 e. The van der Waals surface area contributed by atoms with Crippen LogP contribution in [0.2, 0.25) is 0 Å². The van der Waals surface area contributed by atoms with Crippen molar-refractivity contribution >= 4 is 15.9 Å². The minimum atomic E-state index is 0.183. The third-order valence-electron chi connectivity index (χ3n) is 4.94. The molecule has 2 aromatic rings. The Bertz CT molecular complexity index is 873. The van der Waals surface area contributed by atoms with Gasteiger partial charge in [0.25, 0.3) is 0 Å². The summed E-state index contributed by atoms with van der Waals surface area (Å²) in [6.45, 7) is 5.29. The second kappa shape index (κ2) is 9.33. The van der Waals surface area contributed by atoms with Crippen molar-refractivity contribution in [2.75, 3.05) is 14.2 Å². The summed E-state index contributed by atoms with van der Waals surface area (Å²) >= 11 is 3.66. The summed E-state index contributed by atoms with van der Waals surface area (Å²) in [4.78, 5) is 2.36. The molecule has 0 saturated carbocycles. The molecule has 1 aliphatic rings. The average molecular weight is 442 g/mol. The van der Waals surface area contributed by atoms with E-state index in [0.29, 0.717) is 5.92 Å². The molecular formula is C24H28BrNO2. The van der Waals surface area contributed by atoms with Gasteiger partial charge in [-0.15, -0.1) is 0 Å². The van der Waals surface area contributed by atoms with Crippen LogP contribution in [0.4, 0.5) is 0 Å². The smallest absolute Gasteiger partial charge is 0.127 e. The molecule has 0 N–H and O–H groups in total. The van der Waals surface area contributed by atoms with Crippen molar-refractivity contribution in [2.45, 2.75) is 32.9 Å². The van der Waals surface area contributed by atoms with Gasteiger partial charge in [0.2, 0.25) is 0 Å². The standard InChI is InChI=1S/C24H28BrNO2/c1-17(2)13-18-8-10-20(25)14-22(18)23-7-5-6-12-26(23)16-19-9-11-21(27-3)15-24(19)28-4/h5-12,14-15,17,23H,13,16H2,1-4H3. The van der Waals surface area contributed by atoms with Crippen LogP contribution in [0.3, 0.4) is 0 Å². The number of benzene rings is 2. The SMILES string of the molecule is COc1ccc(CN2C=CC=CC2c2cc(Br)ccc2CC(C)C)c(OC)c1. The molecule has 28 heavy (non-hydrogen) atoms. The van der Waals surface area contributed by atoms with E-state index >= 15 is 0 Å². The average Bonchev–Trinajstić information content (AvgIpc) is 2.70. The van der Waals surface area contributed by atoms with Crippen LogP contribution in [0.25, 0.3) is 0 Å². The van der Waals surface area contributed by atoms with Crippen molar-refractivity contribution in [3.05, 3.63) is 82.0 Å². The van der Waals surface area contributed by atoms with Crippen LogP contribution in [0.5, 0.6) is 11.5 Å². The largest absolute Gasteiger partial charge is 0.497 e. The number of allylic oxidation sites excluding steroid dienone is 2. The van der Waals surface area contributed by atoms with Crippen molar-refractivity contribution in [1.29, 1.82) is 0 Å². The Kier molecular flexibility index (Phi) is 6.84. The summed E-state index contributed by atoms with van der Waals surface area (Å²) in [7, 11) is 3.38. The van der Waals surface area contributed by atoms with Crippen LogP contribution in [0, 0.1) is 5.92 Å². The number of halogens is 1. The number of methoxy groups -OCH3 is 2. The van der Waals surface area contributed by atoms with Gasteiger partial charge in [-0.2, -0.15) is 0 Å². The highest BCUT2D eigenvalue weighted by Gasteiger charge is 2.22. The van der Waals surface area contributed by atoms with Gasteiger partial charge in [-0.1, -0.05) is 48.0 Å². The fraction of sp³-hybridized carbons (Fsp3) is 0.333. The lowest BCUT2D eigenvalue weighted by Crippen LogP contribution is -2.25. The molecule has 0 aliphatic carbocycles. The maximum absolute atomic E-state index is 5.61. The van der Waals surface area contributed by atoms with Crippen LogP contribution < -0.4 is 9.47 Å². The lowest BCUT2D eigenvalue weighted by atomic mass is 9.92. The van der Waals surface area contributed by atoms with Crippen LogP contribution in [-0.4, -0.2) is 19.1 Å². The van der Waals surface area contributed by atoms with Crippen LogP contribution in [0.1, 0.15) is 36.6 Å². The van der Waals surface area contributed by atoms with Gasteiger partial charge in [-0.25, -0.2) is 0 Å². The van der Waals surface area contributed by atoms with Gasteiger partial charge in [-0.05, 0) is 53.8 Å². The number of hydrogen-bond acceptors (Lipinski definition) is 3. The lowest BCUT2D eigenvalue weighted by molar-refractivity contribution is 0.303. The van der Waals surface area contributed by atoms with E-state index < -0.39 is 0 Å². The second-order valence-corrected chi connectivity index (χ2v) is 8.38. The molecule has 3 rings (SSSR count). The molecule has 0 spiro atoms. The summed E-state index contributed by atoms with van der Waals surface area (Å²) in [6.07, 6.45) is 9.71. The Balaban J connectivity index is 1.94. The van der Waals surface area contributed by atoms with E-state index in [-0.39, 0.29) is 6.04 Å². The summed E-state index contributed by atoms with van der Waals surface area (Å²) in [5.74, 6) is 2.26. The Hall–Kier alpha value is -2.20. The zero-order valence-corrected chi connectivity index (χ0v) is 18.6. The quantitative estimate of drug-likeness (QED) is 0.503. The number of ether oxygens (including phenoxy) is 2. The van der Waals surface area contributed by atoms with E-state index in [1.54, 1.807) is 14.2 Å². The first kappa shape index (κ1) is 20.5. The van der Waals surface area contributed by atoms with E-state index in [0.717, 1.165) is 34.5 Å². The zero-order chi connectivity index (χ0) is 20.1. The van der Waals surface area contributed by atoms with Crippen LogP contribution in [0.15, 0.2) is 65.3 Å². The molecule has 1 atom stereocenters. The summed E-state index contributed by atoms with van der Waals surface area (Å²) < 4.78 is 12.1. The first-order valence-electron chi connectivity index (χ1n) is 9.61. The molecule has 2 aromatic carbocycles. The topological polar surface area (TPSA) is 21.7 Å². The molecule has 1 aliphatic heterocycles. The molecule has 0 saturated heterocycles. The first-order chi connectivity index (χ1) is 13.5. The Morgan fingerprint density at radius 1 is 1.00 bits per heavy atom. The molecular weight excluding hydrogens is 414 g/mol. The van der Waals surface area contributed by atoms with Crippen LogP contribution >= 0.6 is 15.9 Å². The van der Waals surface area contributed by atoms with Crippen LogP contribution in [-0.2, 0) is 13.0 Å². The van der Waals surface area contributed by atoms with Gasteiger partial charge in [0.15, 0.2) is 0 Å². The predicted molar refractivity (Wildman–Crippen MR) is 119 cm³/mol. The van der Waals surface area contributed by atoms with E-state index in [1.165, 1.54) is 11.1 Å². The molecule has 148 valence electrons. The van der Waals surface area contributed by atoms with Crippen molar-refractivity contribution in [2.24, 2.45) is 5.92 Å². The second-order valence-electron chi connectivity index (χ2n) is 7.46. The van der Waals surface area contributed by atoms with E-state index in [9.17, 15) is 0 Å². The fourth-order valence-electron chi connectivity index (χ4n) is 3.61. The maximum Gasteiger partial charge on any atom is 0.127 e. The highest BCUT2D eigenvalue weighted by Crippen LogP contribution is 2.34. The first-order valence-corrected chi connectivity index (χ1v) is 10.4. The molecule has 4 heteroatoms.